The molecule has 2 aliphatic heterocycles. The van der Waals surface area contributed by atoms with Crippen LogP contribution in [0, 0.1) is 5.82 Å². The van der Waals surface area contributed by atoms with E-state index in [0.29, 0.717) is 17.3 Å². The molecule has 0 unspecified atom stereocenters. The molecule has 0 aromatic heterocycles. The summed E-state index contributed by atoms with van der Waals surface area (Å²) >= 11 is 1.22. The lowest BCUT2D eigenvalue weighted by atomic mass is 9.98. The molecule has 36 heavy (non-hydrogen) atoms. The van der Waals surface area contributed by atoms with Crippen LogP contribution >= 0.6 is 11.8 Å². The van der Waals surface area contributed by atoms with Crippen LogP contribution in [0.25, 0.3) is 0 Å². The first-order chi connectivity index (χ1) is 17.5. The first-order valence-corrected chi connectivity index (χ1v) is 12.3. The van der Waals surface area contributed by atoms with Crippen LogP contribution in [0.2, 0.25) is 0 Å². The van der Waals surface area contributed by atoms with E-state index in [1.807, 2.05) is 54.6 Å². The third-order valence-electron chi connectivity index (χ3n) is 5.92. The zero-order chi connectivity index (χ0) is 25.1. The number of nitrogens with zero attached hydrogens (tertiary/aromatic N) is 3. The number of methoxy groups -OCH3 is 1. The highest BCUT2D eigenvalue weighted by molar-refractivity contribution is 8.15. The normalized spacial score (nSPS) is 19.2. The molecular weight excluding hydrogens is 479 g/mol. The van der Waals surface area contributed by atoms with Crippen molar-refractivity contribution in [2.24, 2.45) is 10.1 Å². The highest BCUT2D eigenvalue weighted by atomic mass is 32.2. The molecule has 1 N–H and O–H groups in total. The molecule has 0 bridgehead atoms. The van der Waals surface area contributed by atoms with Gasteiger partial charge in [0.25, 0.3) is 5.91 Å². The second-order valence-electron chi connectivity index (χ2n) is 8.35. The number of hydrogen-bond donors (Lipinski definition) is 1. The van der Waals surface area contributed by atoms with Crippen molar-refractivity contribution in [3.05, 3.63) is 95.8 Å². The summed E-state index contributed by atoms with van der Waals surface area (Å²) in [5.41, 5.74) is 3.22. The van der Waals surface area contributed by atoms with Gasteiger partial charge in [-0.1, -0.05) is 48.2 Å². The lowest BCUT2D eigenvalue weighted by molar-refractivity contribution is -0.121. The highest BCUT2D eigenvalue weighted by Gasteiger charge is 2.39. The SMILES string of the molecule is COc1ccc(C2=NN(C3=NC(=O)[C@@H](CC(=O)Nc4cccc(F)c4)S3)[C@H](c3ccccc3)C2)cc1. The van der Waals surface area contributed by atoms with Crippen molar-refractivity contribution in [1.82, 2.24) is 5.01 Å². The number of amidine groups is 1. The predicted octanol–water partition coefficient (Wildman–Crippen LogP) is 5.01. The molecule has 9 heteroatoms. The van der Waals surface area contributed by atoms with Crippen LogP contribution in [-0.4, -0.2) is 40.1 Å². The van der Waals surface area contributed by atoms with E-state index in [-0.39, 0.29) is 24.3 Å². The number of ether oxygens (including phenoxy) is 1. The Labute approximate surface area is 212 Å². The highest BCUT2D eigenvalue weighted by Crippen LogP contribution is 2.38. The lowest BCUT2D eigenvalue weighted by Gasteiger charge is -2.23. The average molecular weight is 503 g/mol. The summed E-state index contributed by atoms with van der Waals surface area (Å²) < 4.78 is 18.7. The smallest absolute Gasteiger partial charge is 0.262 e. The molecule has 5 rings (SSSR count). The van der Waals surface area contributed by atoms with Crippen molar-refractivity contribution in [2.45, 2.75) is 24.1 Å². The van der Waals surface area contributed by atoms with Crippen molar-refractivity contribution in [1.29, 1.82) is 0 Å². The third kappa shape index (κ3) is 5.16. The molecule has 3 aromatic carbocycles. The molecule has 0 radical (unpaired) electrons. The lowest BCUT2D eigenvalue weighted by Crippen LogP contribution is -2.25. The van der Waals surface area contributed by atoms with Crippen molar-refractivity contribution >= 4 is 40.1 Å². The first kappa shape index (κ1) is 23.7. The molecule has 2 amide bonds. The quantitative estimate of drug-likeness (QED) is 0.512. The topological polar surface area (TPSA) is 83.4 Å². The standard InChI is InChI=1S/C27H23FN4O3S/c1-35-21-12-10-17(11-13-21)22-15-23(18-6-3-2-4-7-18)32(31-22)27-30-26(34)24(36-27)16-25(33)29-20-9-5-8-19(28)14-20/h2-14,23-24H,15-16H2,1H3,(H,29,33)/t23-,24+/m0/s1. The number of hydrazone groups is 1. The minimum absolute atomic E-state index is 0.0775. The molecule has 0 spiro atoms. The number of rotatable bonds is 6. The summed E-state index contributed by atoms with van der Waals surface area (Å²) in [6.07, 6.45) is 0.556. The Morgan fingerprint density at radius 1 is 1.11 bits per heavy atom. The van der Waals surface area contributed by atoms with Gasteiger partial charge in [-0.05, 0) is 53.6 Å². The van der Waals surface area contributed by atoms with E-state index in [2.05, 4.69) is 10.3 Å². The zero-order valence-corrected chi connectivity index (χ0v) is 20.2. The van der Waals surface area contributed by atoms with E-state index in [4.69, 9.17) is 9.84 Å². The Bertz CT molecular complexity index is 1340. The average Bonchev–Trinajstić information content (AvgIpc) is 3.48. The summed E-state index contributed by atoms with van der Waals surface area (Å²) in [5.74, 6) is -0.457. The van der Waals surface area contributed by atoms with Gasteiger partial charge < -0.3 is 10.1 Å². The Hall–Kier alpha value is -3.98. The van der Waals surface area contributed by atoms with Crippen LogP contribution in [0.3, 0.4) is 0 Å². The monoisotopic (exact) mass is 502 g/mol. The second-order valence-corrected chi connectivity index (χ2v) is 9.52. The van der Waals surface area contributed by atoms with E-state index < -0.39 is 11.1 Å². The summed E-state index contributed by atoms with van der Waals surface area (Å²) in [7, 11) is 1.62. The van der Waals surface area contributed by atoms with E-state index in [1.165, 1.54) is 30.0 Å². The van der Waals surface area contributed by atoms with Gasteiger partial charge in [-0.3, -0.25) is 9.59 Å². The minimum atomic E-state index is -0.676. The number of amides is 2. The molecular formula is C27H23FN4O3S. The second kappa shape index (κ2) is 10.3. The van der Waals surface area contributed by atoms with Gasteiger partial charge in [-0.15, -0.1) is 0 Å². The van der Waals surface area contributed by atoms with Gasteiger partial charge >= 0.3 is 0 Å². The maximum absolute atomic E-state index is 13.4. The molecule has 7 nitrogen and oxygen atoms in total. The number of aliphatic imine (C=N–C) groups is 1. The Morgan fingerprint density at radius 2 is 1.89 bits per heavy atom. The number of benzene rings is 3. The largest absolute Gasteiger partial charge is 0.497 e. The fourth-order valence-corrected chi connectivity index (χ4v) is 5.19. The number of anilines is 1. The van der Waals surface area contributed by atoms with Gasteiger partial charge in [-0.2, -0.15) is 10.1 Å². The van der Waals surface area contributed by atoms with E-state index in [0.717, 1.165) is 22.6 Å². The summed E-state index contributed by atoms with van der Waals surface area (Å²) in [4.78, 5) is 29.5. The Balaban J connectivity index is 1.34. The van der Waals surface area contributed by atoms with Crippen LogP contribution in [0.1, 0.15) is 30.0 Å². The molecule has 3 aromatic rings. The van der Waals surface area contributed by atoms with Gasteiger partial charge in [0, 0.05) is 18.5 Å². The number of nitrogens with one attached hydrogen (secondary N) is 1. The van der Waals surface area contributed by atoms with Crippen LogP contribution in [0.15, 0.2) is 89.0 Å². The number of thioether (sulfide) groups is 1. The van der Waals surface area contributed by atoms with E-state index >= 15 is 0 Å². The van der Waals surface area contributed by atoms with Crippen molar-refractivity contribution in [2.75, 3.05) is 12.4 Å². The molecule has 2 heterocycles. The van der Waals surface area contributed by atoms with Crippen molar-refractivity contribution < 1.29 is 18.7 Å². The number of carbonyl (C=O) groups is 2. The molecule has 182 valence electrons. The van der Waals surface area contributed by atoms with Crippen LogP contribution in [-0.2, 0) is 9.59 Å². The predicted molar refractivity (Wildman–Crippen MR) is 139 cm³/mol. The van der Waals surface area contributed by atoms with Crippen LogP contribution in [0.5, 0.6) is 5.75 Å². The summed E-state index contributed by atoms with van der Waals surface area (Å²) in [5, 5.41) is 9.05. The van der Waals surface area contributed by atoms with Crippen molar-refractivity contribution in [3.63, 3.8) is 0 Å². The molecule has 0 saturated heterocycles. The Kier molecular flexibility index (Phi) is 6.81. The number of hydrogen-bond acceptors (Lipinski definition) is 6. The van der Waals surface area contributed by atoms with E-state index in [9.17, 15) is 14.0 Å². The molecule has 2 aliphatic rings. The maximum atomic E-state index is 13.4. The van der Waals surface area contributed by atoms with Gasteiger partial charge in [0.1, 0.15) is 16.8 Å². The molecule has 2 atom stereocenters. The summed E-state index contributed by atoms with van der Waals surface area (Å²) in [6, 6.07) is 23.1. The third-order valence-corrected chi connectivity index (χ3v) is 7.06. The first-order valence-electron chi connectivity index (χ1n) is 11.4. The molecule has 0 saturated carbocycles. The van der Waals surface area contributed by atoms with Gasteiger partial charge in [0.15, 0.2) is 5.17 Å². The van der Waals surface area contributed by atoms with Crippen molar-refractivity contribution in [3.8, 4) is 5.75 Å². The fraction of sp³-hybridized carbons (Fsp3) is 0.185. The van der Waals surface area contributed by atoms with Crippen LogP contribution in [0.4, 0.5) is 10.1 Å². The molecule has 0 fully saturated rings. The van der Waals surface area contributed by atoms with E-state index in [1.54, 1.807) is 18.2 Å². The van der Waals surface area contributed by atoms with Gasteiger partial charge in [0.05, 0.1) is 18.9 Å². The van der Waals surface area contributed by atoms with Crippen LogP contribution < -0.4 is 10.1 Å². The van der Waals surface area contributed by atoms with Gasteiger partial charge in [0.2, 0.25) is 5.91 Å². The number of halogens is 1. The minimum Gasteiger partial charge on any atom is -0.497 e. The molecule has 0 aliphatic carbocycles. The zero-order valence-electron chi connectivity index (χ0n) is 19.4. The number of carbonyl (C=O) groups excluding carboxylic acids is 2. The fourth-order valence-electron chi connectivity index (χ4n) is 4.13. The summed E-state index contributed by atoms with van der Waals surface area (Å²) in [6.45, 7) is 0. The van der Waals surface area contributed by atoms with Gasteiger partial charge in [-0.25, -0.2) is 9.40 Å². The Morgan fingerprint density at radius 3 is 2.61 bits per heavy atom. The maximum Gasteiger partial charge on any atom is 0.262 e.